The second-order valence-electron chi connectivity index (χ2n) is 6.66. The standard InChI is InChI=1S/C18H26N4O/c1-14-10-17(19-9-8-18-20-15(2)21-23-18)13-22(11-14)12-16-6-4-3-5-7-16/h3-7,14,17,19H,8-13H2,1-2H3/t14-,17-/m1/s1. The quantitative estimate of drug-likeness (QED) is 0.887. The third-order valence-corrected chi connectivity index (χ3v) is 4.33. The van der Waals surface area contributed by atoms with Crippen LogP contribution in [0.4, 0.5) is 0 Å². The number of likely N-dealkylation sites (tertiary alicyclic amines) is 1. The number of benzene rings is 1. The van der Waals surface area contributed by atoms with Gasteiger partial charge in [-0.3, -0.25) is 4.90 Å². The van der Waals surface area contributed by atoms with Crippen molar-refractivity contribution in [1.29, 1.82) is 0 Å². The maximum Gasteiger partial charge on any atom is 0.227 e. The topological polar surface area (TPSA) is 54.2 Å². The maximum atomic E-state index is 5.16. The summed E-state index contributed by atoms with van der Waals surface area (Å²) < 4.78 is 5.16. The van der Waals surface area contributed by atoms with E-state index in [4.69, 9.17) is 4.52 Å². The Balaban J connectivity index is 1.47. The van der Waals surface area contributed by atoms with Crippen LogP contribution in [-0.2, 0) is 13.0 Å². The van der Waals surface area contributed by atoms with Crippen molar-refractivity contribution in [3.63, 3.8) is 0 Å². The van der Waals surface area contributed by atoms with E-state index in [0.29, 0.717) is 11.9 Å². The Morgan fingerprint density at radius 2 is 2.09 bits per heavy atom. The van der Waals surface area contributed by atoms with Gasteiger partial charge in [0.25, 0.3) is 0 Å². The van der Waals surface area contributed by atoms with Crippen molar-refractivity contribution in [2.45, 2.75) is 39.3 Å². The van der Waals surface area contributed by atoms with Gasteiger partial charge in [-0.1, -0.05) is 42.4 Å². The lowest BCUT2D eigenvalue weighted by atomic mass is 9.95. The van der Waals surface area contributed by atoms with Gasteiger partial charge in [0.2, 0.25) is 5.89 Å². The molecule has 1 N–H and O–H groups in total. The number of aromatic nitrogens is 2. The summed E-state index contributed by atoms with van der Waals surface area (Å²) >= 11 is 0. The fourth-order valence-corrected chi connectivity index (χ4v) is 3.41. The molecule has 1 aromatic heterocycles. The van der Waals surface area contributed by atoms with Gasteiger partial charge in [-0.2, -0.15) is 4.98 Å². The highest BCUT2D eigenvalue weighted by molar-refractivity contribution is 5.14. The van der Waals surface area contributed by atoms with Crippen LogP contribution in [0.2, 0.25) is 0 Å². The second kappa shape index (κ2) is 7.70. The molecule has 0 radical (unpaired) electrons. The molecule has 0 saturated carbocycles. The molecule has 0 bridgehead atoms. The molecule has 1 saturated heterocycles. The average Bonchev–Trinajstić information content (AvgIpc) is 2.93. The van der Waals surface area contributed by atoms with E-state index in [0.717, 1.165) is 37.9 Å². The van der Waals surface area contributed by atoms with Crippen molar-refractivity contribution < 1.29 is 4.52 Å². The minimum atomic E-state index is 0.534. The van der Waals surface area contributed by atoms with E-state index in [-0.39, 0.29) is 0 Å². The molecule has 23 heavy (non-hydrogen) atoms. The zero-order valence-electron chi connectivity index (χ0n) is 14.0. The van der Waals surface area contributed by atoms with Gasteiger partial charge in [0.1, 0.15) is 0 Å². The molecule has 2 atom stereocenters. The summed E-state index contributed by atoms with van der Waals surface area (Å²) in [6.07, 6.45) is 2.03. The zero-order valence-corrected chi connectivity index (χ0v) is 14.0. The predicted molar refractivity (Wildman–Crippen MR) is 90.0 cm³/mol. The normalized spacial score (nSPS) is 22.3. The molecule has 1 aromatic carbocycles. The van der Waals surface area contributed by atoms with Crippen molar-refractivity contribution >= 4 is 0 Å². The van der Waals surface area contributed by atoms with E-state index in [9.17, 15) is 0 Å². The van der Waals surface area contributed by atoms with Gasteiger partial charge in [-0.15, -0.1) is 0 Å². The molecule has 2 aromatic rings. The molecule has 3 rings (SSSR count). The highest BCUT2D eigenvalue weighted by Gasteiger charge is 2.24. The minimum Gasteiger partial charge on any atom is -0.339 e. The molecule has 0 amide bonds. The Morgan fingerprint density at radius 3 is 2.83 bits per heavy atom. The van der Waals surface area contributed by atoms with Crippen molar-refractivity contribution in [2.24, 2.45) is 5.92 Å². The monoisotopic (exact) mass is 314 g/mol. The fourth-order valence-electron chi connectivity index (χ4n) is 3.41. The fraction of sp³-hybridized carbons (Fsp3) is 0.556. The van der Waals surface area contributed by atoms with Crippen molar-refractivity contribution in [3.8, 4) is 0 Å². The summed E-state index contributed by atoms with van der Waals surface area (Å²) in [5.41, 5.74) is 1.39. The molecule has 0 unspecified atom stereocenters. The summed E-state index contributed by atoms with van der Waals surface area (Å²) in [6.45, 7) is 8.39. The summed E-state index contributed by atoms with van der Waals surface area (Å²) in [5.74, 6) is 2.15. The molecule has 1 aliphatic rings. The van der Waals surface area contributed by atoms with Gasteiger partial charge in [0.15, 0.2) is 5.82 Å². The Hall–Kier alpha value is -1.72. The molecular formula is C18H26N4O. The van der Waals surface area contributed by atoms with Gasteiger partial charge in [0.05, 0.1) is 0 Å². The van der Waals surface area contributed by atoms with Gasteiger partial charge in [-0.05, 0) is 24.8 Å². The minimum absolute atomic E-state index is 0.534. The molecule has 5 nitrogen and oxygen atoms in total. The number of nitrogens with zero attached hydrogens (tertiary/aromatic N) is 3. The molecule has 1 aliphatic heterocycles. The van der Waals surface area contributed by atoms with Crippen LogP contribution in [0.25, 0.3) is 0 Å². The lowest BCUT2D eigenvalue weighted by Crippen LogP contribution is -2.48. The highest BCUT2D eigenvalue weighted by atomic mass is 16.5. The molecule has 0 aliphatic carbocycles. The Kier molecular flexibility index (Phi) is 5.41. The first kappa shape index (κ1) is 16.1. The first-order valence-corrected chi connectivity index (χ1v) is 8.48. The number of piperidine rings is 1. The molecule has 2 heterocycles. The van der Waals surface area contributed by atoms with Crippen LogP contribution in [-0.4, -0.2) is 40.7 Å². The third-order valence-electron chi connectivity index (χ3n) is 4.33. The first-order chi connectivity index (χ1) is 11.2. The van der Waals surface area contributed by atoms with Crippen LogP contribution in [0, 0.1) is 12.8 Å². The van der Waals surface area contributed by atoms with Crippen molar-refractivity contribution in [2.75, 3.05) is 19.6 Å². The third kappa shape index (κ3) is 4.88. The van der Waals surface area contributed by atoms with Crippen LogP contribution in [0.15, 0.2) is 34.9 Å². The SMILES string of the molecule is Cc1noc(CCN[C@@H]2C[C@@H](C)CN(Cc3ccccc3)C2)n1. The van der Waals surface area contributed by atoms with E-state index < -0.39 is 0 Å². The van der Waals surface area contributed by atoms with Crippen LogP contribution < -0.4 is 5.32 Å². The van der Waals surface area contributed by atoms with Gasteiger partial charge >= 0.3 is 0 Å². The molecule has 124 valence electrons. The molecule has 5 heteroatoms. The molecule has 1 fully saturated rings. The summed E-state index contributed by atoms with van der Waals surface area (Å²) in [5, 5.41) is 7.49. The number of rotatable bonds is 6. The van der Waals surface area contributed by atoms with E-state index in [1.165, 1.54) is 18.5 Å². The summed E-state index contributed by atoms with van der Waals surface area (Å²) in [6, 6.07) is 11.3. The predicted octanol–water partition coefficient (Wildman–Crippen LogP) is 2.42. The van der Waals surface area contributed by atoms with E-state index in [2.05, 4.69) is 57.6 Å². The van der Waals surface area contributed by atoms with Crippen molar-refractivity contribution in [3.05, 3.63) is 47.6 Å². The lowest BCUT2D eigenvalue weighted by Gasteiger charge is -2.37. The number of aryl methyl sites for hydroxylation is 1. The van der Waals surface area contributed by atoms with Crippen LogP contribution in [0.3, 0.4) is 0 Å². The Bertz CT molecular complexity index is 598. The van der Waals surface area contributed by atoms with E-state index >= 15 is 0 Å². The van der Waals surface area contributed by atoms with Crippen LogP contribution in [0.5, 0.6) is 0 Å². The second-order valence-corrected chi connectivity index (χ2v) is 6.66. The Morgan fingerprint density at radius 1 is 1.26 bits per heavy atom. The smallest absolute Gasteiger partial charge is 0.227 e. The first-order valence-electron chi connectivity index (χ1n) is 8.48. The highest BCUT2D eigenvalue weighted by Crippen LogP contribution is 2.18. The largest absolute Gasteiger partial charge is 0.339 e. The maximum absolute atomic E-state index is 5.16. The van der Waals surface area contributed by atoms with Crippen LogP contribution in [0.1, 0.15) is 30.6 Å². The number of nitrogens with one attached hydrogen (secondary N) is 1. The summed E-state index contributed by atoms with van der Waals surface area (Å²) in [7, 11) is 0. The molecular weight excluding hydrogens is 288 g/mol. The lowest BCUT2D eigenvalue weighted by molar-refractivity contribution is 0.142. The molecule has 0 spiro atoms. The van der Waals surface area contributed by atoms with E-state index in [1.54, 1.807) is 0 Å². The average molecular weight is 314 g/mol. The number of hydrogen-bond acceptors (Lipinski definition) is 5. The Labute approximate surface area is 138 Å². The van der Waals surface area contributed by atoms with Gasteiger partial charge in [0, 0.05) is 38.6 Å². The van der Waals surface area contributed by atoms with Gasteiger partial charge in [-0.25, -0.2) is 0 Å². The zero-order chi connectivity index (χ0) is 16.1. The van der Waals surface area contributed by atoms with Crippen molar-refractivity contribution in [1.82, 2.24) is 20.4 Å². The summed E-state index contributed by atoms with van der Waals surface area (Å²) in [4.78, 5) is 6.80. The van der Waals surface area contributed by atoms with E-state index in [1.807, 2.05) is 6.92 Å². The van der Waals surface area contributed by atoms with Crippen LogP contribution >= 0.6 is 0 Å². The number of hydrogen-bond donors (Lipinski definition) is 1. The van der Waals surface area contributed by atoms with Gasteiger partial charge < -0.3 is 9.84 Å².